The minimum Gasteiger partial charge on any atom is -0.508 e. The highest BCUT2D eigenvalue weighted by molar-refractivity contribution is 7.94. The van der Waals surface area contributed by atoms with Crippen LogP contribution in [-0.4, -0.2) is 28.0 Å². The van der Waals surface area contributed by atoms with Crippen molar-refractivity contribution in [3.63, 3.8) is 0 Å². The van der Waals surface area contributed by atoms with Gasteiger partial charge in [-0.1, -0.05) is 24.3 Å². The van der Waals surface area contributed by atoms with Crippen LogP contribution in [0.15, 0.2) is 79.9 Å². The largest absolute Gasteiger partial charge is 0.508 e. The summed E-state index contributed by atoms with van der Waals surface area (Å²) in [7, 11) is -8.43. The van der Waals surface area contributed by atoms with Gasteiger partial charge in [-0.15, -0.1) is 0 Å². The molecule has 136 valence electrons. The zero-order chi connectivity index (χ0) is 19.0. The van der Waals surface area contributed by atoms with Crippen LogP contribution in [0.5, 0.6) is 0 Å². The first-order valence-electron chi connectivity index (χ1n) is 7.53. The number of primary sulfonamides is 2. The van der Waals surface area contributed by atoms with Gasteiger partial charge in [0, 0.05) is 11.5 Å². The van der Waals surface area contributed by atoms with Crippen LogP contribution in [0.3, 0.4) is 0 Å². The van der Waals surface area contributed by atoms with Gasteiger partial charge < -0.3 is 10.8 Å². The highest BCUT2D eigenvalue weighted by atomic mass is 32.2. The zero-order valence-electron chi connectivity index (χ0n) is 13.2. The number of sulfonamides is 2. The number of rotatable bonds is 2. The summed E-state index contributed by atoms with van der Waals surface area (Å²) in [5.41, 5.74) is 8.38. The first-order chi connectivity index (χ1) is 12.0. The maximum Gasteiger partial charge on any atom is 0.238 e. The molecule has 0 bridgehead atoms. The number of hydrogen-bond donors (Lipinski definition) is 4. The van der Waals surface area contributed by atoms with Crippen LogP contribution in [0.1, 0.15) is 0 Å². The second-order valence-electron chi connectivity index (χ2n) is 6.33. The molecule has 7 N–H and O–H groups in total. The molecule has 4 aliphatic carbocycles. The van der Waals surface area contributed by atoms with E-state index in [1.165, 1.54) is 12.2 Å². The van der Waals surface area contributed by atoms with Gasteiger partial charge in [0.05, 0.1) is 15.9 Å². The van der Waals surface area contributed by atoms with Crippen LogP contribution in [0.2, 0.25) is 0 Å². The van der Waals surface area contributed by atoms with Gasteiger partial charge in [-0.2, -0.15) is 0 Å². The lowest BCUT2D eigenvalue weighted by Gasteiger charge is -2.39. The van der Waals surface area contributed by atoms with Crippen molar-refractivity contribution in [1.82, 2.24) is 0 Å². The molecule has 0 spiro atoms. The predicted molar refractivity (Wildman–Crippen MR) is 95.8 cm³/mol. The summed E-state index contributed by atoms with van der Waals surface area (Å²) < 4.78 is 48.3. The van der Waals surface area contributed by atoms with Gasteiger partial charge in [0.1, 0.15) is 5.76 Å². The van der Waals surface area contributed by atoms with Gasteiger partial charge in [0.2, 0.25) is 20.0 Å². The third kappa shape index (κ3) is 2.31. The van der Waals surface area contributed by atoms with Crippen LogP contribution in [0, 0.1) is 5.92 Å². The Bertz CT molecular complexity index is 1190. The second-order valence-corrected chi connectivity index (χ2v) is 9.39. The standard InChI is InChI=1S/C16H15N3O5S2/c17-11-5-12(20)8-2-4-10-14(26(19,23)24)6-13(25(18,21)22)9-3-1-7(11)15(8)16(9)10/h1-6,11,16,20H,17H2,(H2,18,21,22)(H2,19,23,24). The van der Waals surface area contributed by atoms with E-state index in [9.17, 15) is 21.9 Å². The molecule has 2 unspecified atom stereocenters. The number of allylic oxidation sites excluding steroid dienone is 7. The SMILES string of the molecule is NC1C=C(O)C2=C3C1=CC=C1C(S(N)(=O)=O)=CC(S(N)(=O)=O)=C(C=C2)C13. The van der Waals surface area contributed by atoms with E-state index in [2.05, 4.69) is 0 Å². The van der Waals surface area contributed by atoms with E-state index in [0.29, 0.717) is 27.9 Å². The van der Waals surface area contributed by atoms with Crippen molar-refractivity contribution >= 4 is 20.0 Å². The van der Waals surface area contributed by atoms with Crippen LogP contribution in [0.25, 0.3) is 0 Å². The van der Waals surface area contributed by atoms with E-state index < -0.39 is 32.0 Å². The van der Waals surface area contributed by atoms with Crippen molar-refractivity contribution in [1.29, 1.82) is 0 Å². The predicted octanol–water partition coefficient (Wildman–Crippen LogP) is -0.153. The second kappa shape index (κ2) is 5.15. The molecule has 2 atom stereocenters. The zero-order valence-corrected chi connectivity index (χ0v) is 14.9. The summed E-state index contributed by atoms with van der Waals surface area (Å²) in [4.78, 5) is -0.648. The fourth-order valence-electron chi connectivity index (χ4n) is 3.77. The lowest BCUT2D eigenvalue weighted by atomic mass is 9.67. The Balaban J connectivity index is 2.12. The first-order valence-corrected chi connectivity index (χ1v) is 10.6. The number of nitrogens with two attached hydrogens (primary N) is 3. The number of aliphatic hydroxyl groups excluding tert-OH is 1. The summed E-state index contributed by atoms with van der Waals surface area (Å²) >= 11 is 0. The van der Waals surface area contributed by atoms with Crippen LogP contribution >= 0.6 is 0 Å². The molecular formula is C16H15N3O5S2. The normalized spacial score (nSPS) is 27.5. The van der Waals surface area contributed by atoms with Gasteiger partial charge in [-0.05, 0) is 34.4 Å². The molecule has 0 saturated heterocycles. The molecule has 0 saturated carbocycles. The fourth-order valence-corrected chi connectivity index (χ4v) is 5.44. The minimum atomic E-state index is -4.22. The molecule has 0 aromatic rings. The Labute approximate surface area is 150 Å². The van der Waals surface area contributed by atoms with E-state index in [1.54, 1.807) is 18.2 Å². The van der Waals surface area contributed by atoms with E-state index in [-0.39, 0.29) is 15.6 Å². The smallest absolute Gasteiger partial charge is 0.238 e. The first kappa shape index (κ1) is 17.2. The lowest BCUT2D eigenvalue weighted by Crippen LogP contribution is -2.36. The van der Waals surface area contributed by atoms with Crippen molar-refractivity contribution in [3.05, 3.63) is 79.9 Å². The average Bonchev–Trinajstić information content (AvgIpc) is 2.52. The molecule has 0 aliphatic heterocycles. The Kier molecular flexibility index (Phi) is 3.40. The van der Waals surface area contributed by atoms with Crippen LogP contribution in [-0.2, 0) is 20.0 Å². The maximum absolute atomic E-state index is 12.1. The molecule has 8 nitrogen and oxygen atoms in total. The highest BCUT2D eigenvalue weighted by Crippen LogP contribution is 2.51. The minimum absolute atomic E-state index is 0.0509. The highest BCUT2D eigenvalue weighted by Gasteiger charge is 2.43. The molecule has 10 heteroatoms. The summed E-state index contributed by atoms with van der Waals surface area (Å²) in [6, 6.07) is -0.610. The molecular weight excluding hydrogens is 378 g/mol. The Hall–Kier alpha value is -2.24. The lowest BCUT2D eigenvalue weighted by molar-refractivity contribution is 0.417. The van der Waals surface area contributed by atoms with Crippen molar-refractivity contribution in [3.8, 4) is 0 Å². The van der Waals surface area contributed by atoms with Crippen molar-refractivity contribution < 1.29 is 21.9 Å². The Morgan fingerprint density at radius 3 is 2.23 bits per heavy atom. The fraction of sp³-hybridized carbons (Fsp3) is 0.125. The van der Waals surface area contributed by atoms with E-state index in [1.807, 2.05) is 0 Å². The van der Waals surface area contributed by atoms with Crippen molar-refractivity contribution in [2.24, 2.45) is 21.9 Å². The van der Waals surface area contributed by atoms with Gasteiger partial charge in [0.25, 0.3) is 0 Å². The molecule has 0 aromatic heterocycles. The van der Waals surface area contributed by atoms with E-state index in [4.69, 9.17) is 16.0 Å². The van der Waals surface area contributed by atoms with Gasteiger partial charge in [-0.25, -0.2) is 27.1 Å². The molecule has 0 heterocycles. The monoisotopic (exact) mass is 393 g/mol. The van der Waals surface area contributed by atoms with E-state index in [0.717, 1.165) is 6.08 Å². The van der Waals surface area contributed by atoms with Crippen LogP contribution < -0.4 is 16.0 Å². The number of hydrogen-bond acceptors (Lipinski definition) is 6. The molecule has 0 aromatic carbocycles. The summed E-state index contributed by atoms with van der Waals surface area (Å²) in [5.74, 6) is -0.798. The molecule has 0 fully saturated rings. The molecule has 26 heavy (non-hydrogen) atoms. The molecule has 0 amide bonds. The average molecular weight is 393 g/mol. The molecule has 4 rings (SSSR count). The summed E-state index contributed by atoms with van der Waals surface area (Å²) in [6.07, 6.45) is 8.75. The van der Waals surface area contributed by atoms with Gasteiger partial charge in [0.15, 0.2) is 0 Å². The maximum atomic E-state index is 12.1. The topological polar surface area (TPSA) is 167 Å². The third-order valence-corrected chi connectivity index (χ3v) is 6.73. The van der Waals surface area contributed by atoms with Gasteiger partial charge in [-0.3, -0.25) is 0 Å². The summed E-state index contributed by atoms with van der Waals surface area (Å²) in [5, 5.41) is 20.9. The van der Waals surface area contributed by atoms with Crippen molar-refractivity contribution in [2.75, 3.05) is 0 Å². The third-order valence-electron chi connectivity index (χ3n) is 4.80. The van der Waals surface area contributed by atoms with Crippen molar-refractivity contribution in [2.45, 2.75) is 6.04 Å². The molecule has 4 aliphatic rings. The van der Waals surface area contributed by atoms with Gasteiger partial charge >= 0.3 is 0 Å². The van der Waals surface area contributed by atoms with E-state index >= 15 is 0 Å². The Morgan fingerprint density at radius 1 is 0.962 bits per heavy atom. The summed E-state index contributed by atoms with van der Waals surface area (Å²) in [6.45, 7) is 0. The number of aliphatic hydroxyl groups is 1. The Morgan fingerprint density at radius 2 is 1.62 bits per heavy atom. The quantitative estimate of drug-likeness (QED) is 0.509. The molecule has 0 radical (unpaired) electrons. The van der Waals surface area contributed by atoms with Crippen LogP contribution in [0.4, 0.5) is 0 Å².